The van der Waals surface area contributed by atoms with Crippen molar-refractivity contribution in [1.29, 1.82) is 0 Å². The first-order chi connectivity index (χ1) is 16.4. The van der Waals surface area contributed by atoms with Gasteiger partial charge in [-0.2, -0.15) is 5.10 Å². The lowest BCUT2D eigenvalue weighted by Gasteiger charge is -2.22. The van der Waals surface area contributed by atoms with Crippen LogP contribution in [0, 0.1) is 24.4 Å². The van der Waals surface area contributed by atoms with Gasteiger partial charge in [-0.25, -0.2) is 27.8 Å². The smallest absolute Gasteiger partial charge is 0.194 e. The van der Waals surface area contributed by atoms with E-state index in [4.69, 9.17) is 4.74 Å². The summed E-state index contributed by atoms with van der Waals surface area (Å²) in [5.41, 5.74) is 2.63. The lowest BCUT2D eigenvalue weighted by Crippen LogP contribution is -2.18. The van der Waals surface area contributed by atoms with Crippen LogP contribution in [0.4, 0.5) is 13.2 Å². The molecular formula is C24H21F3N6O. The molecule has 0 aliphatic carbocycles. The van der Waals surface area contributed by atoms with Crippen molar-refractivity contribution in [2.75, 3.05) is 7.11 Å². The molecule has 10 heteroatoms. The number of aromatic nitrogens is 6. The summed E-state index contributed by atoms with van der Waals surface area (Å²) in [6.45, 7) is 2.54. The van der Waals surface area contributed by atoms with E-state index in [2.05, 4.69) is 20.1 Å². The molecule has 4 aromatic rings. The number of hydrogen-bond donors (Lipinski definition) is 0. The van der Waals surface area contributed by atoms with Gasteiger partial charge in [0.05, 0.1) is 31.0 Å². The van der Waals surface area contributed by atoms with Gasteiger partial charge >= 0.3 is 0 Å². The molecule has 174 valence electrons. The Morgan fingerprint density at radius 2 is 1.88 bits per heavy atom. The molecule has 0 fully saturated rings. The van der Waals surface area contributed by atoms with Crippen LogP contribution < -0.4 is 4.74 Å². The molecule has 7 nitrogen and oxygen atoms in total. The van der Waals surface area contributed by atoms with Gasteiger partial charge in [-0.1, -0.05) is 0 Å². The zero-order valence-electron chi connectivity index (χ0n) is 18.5. The molecule has 0 bridgehead atoms. The second-order valence-electron chi connectivity index (χ2n) is 8.08. The highest BCUT2D eigenvalue weighted by molar-refractivity contribution is 5.66. The number of rotatable bonds is 5. The number of benzene rings is 1. The number of aryl methyl sites for hydroxylation is 2. The van der Waals surface area contributed by atoms with Crippen LogP contribution in [0.5, 0.6) is 5.75 Å². The third kappa shape index (κ3) is 4.07. The maximum absolute atomic E-state index is 13.8. The van der Waals surface area contributed by atoms with Crippen LogP contribution in [0.15, 0.2) is 36.9 Å². The lowest BCUT2D eigenvalue weighted by atomic mass is 9.91. The van der Waals surface area contributed by atoms with Crippen LogP contribution in [-0.2, 0) is 6.54 Å². The molecule has 0 amide bonds. The summed E-state index contributed by atoms with van der Waals surface area (Å²) in [7, 11) is 1.59. The normalized spacial score (nSPS) is 15.6. The Balaban J connectivity index is 1.42. The number of imidazole rings is 1. The SMILES string of the molecule is COc1cc(/C=C/c2nc3n(n2)CCC[C@@H]3c2cc(F)c(F)c(F)c2)ncc1-n1cnc(C)c1. The molecule has 1 atom stereocenters. The molecule has 3 aromatic heterocycles. The lowest BCUT2D eigenvalue weighted by molar-refractivity contribution is 0.412. The average Bonchev–Trinajstić information content (AvgIpc) is 3.46. The molecule has 0 N–H and O–H groups in total. The van der Waals surface area contributed by atoms with E-state index in [1.165, 1.54) is 0 Å². The van der Waals surface area contributed by atoms with Gasteiger partial charge in [0.15, 0.2) is 23.3 Å². The van der Waals surface area contributed by atoms with Crippen molar-refractivity contribution < 1.29 is 17.9 Å². The van der Waals surface area contributed by atoms with Crippen molar-refractivity contribution in [1.82, 2.24) is 29.3 Å². The van der Waals surface area contributed by atoms with Crippen LogP contribution in [0.3, 0.4) is 0 Å². The molecular weight excluding hydrogens is 445 g/mol. The number of ether oxygens (including phenoxy) is 1. The van der Waals surface area contributed by atoms with Gasteiger partial charge in [-0.3, -0.25) is 4.98 Å². The Labute approximate surface area is 193 Å². The molecule has 0 saturated carbocycles. The third-order valence-electron chi connectivity index (χ3n) is 5.78. The topological polar surface area (TPSA) is 70.7 Å². The summed E-state index contributed by atoms with van der Waals surface area (Å²) in [6.07, 6.45) is 10.1. The second-order valence-corrected chi connectivity index (χ2v) is 8.08. The number of fused-ring (bicyclic) bond motifs is 1. The highest BCUT2D eigenvalue weighted by atomic mass is 19.2. The third-order valence-corrected chi connectivity index (χ3v) is 5.78. The number of halogens is 3. The van der Waals surface area contributed by atoms with Crippen LogP contribution in [0.1, 0.15) is 47.4 Å². The fourth-order valence-corrected chi connectivity index (χ4v) is 4.14. The van der Waals surface area contributed by atoms with Gasteiger partial charge in [0.25, 0.3) is 0 Å². The summed E-state index contributed by atoms with van der Waals surface area (Å²) in [4.78, 5) is 13.3. The molecule has 1 aliphatic heterocycles. The Hall–Kier alpha value is -3.95. The monoisotopic (exact) mass is 466 g/mol. The average molecular weight is 466 g/mol. The van der Waals surface area contributed by atoms with E-state index in [1.807, 2.05) is 17.7 Å². The van der Waals surface area contributed by atoms with Gasteiger partial charge in [0.2, 0.25) is 0 Å². The first kappa shape index (κ1) is 21.9. The Bertz CT molecular complexity index is 1370. The Kier molecular flexibility index (Phi) is 5.64. The van der Waals surface area contributed by atoms with E-state index >= 15 is 0 Å². The van der Waals surface area contributed by atoms with Gasteiger partial charge in [0.1, 0.15) is 17.3 Å². The van der Waals surface area contributed by atoms with Gasteiger partial charge in [-0.15, -0.1) is 0 Å². The van der Waals surface area contributed by atoms with Crippen molar-refractivity contribution in [2.45, 2.75) is 32.2 Å². The van der Waals surface area contributed by atoms with Gasteiger partial charge in [-0.05, 0) is 49.6 Å². The number of pyridine rings is 1. The van der Waals surface area contributed by atoms with E-state index < -0.39 is 17.5 Å². The minimum absolute atomic E-state index is 0.344. The second kappa shape index (κ2) is 8.77. The molecule has 0 spiro atoms. The number of nitrogens with zero attached hydrogens (tertiary/aromatic N) is 6. The van der Waals surface area contributed by atoms with Gasteiger partial charge < -0.3 is 9.30 Å². The number of methoxy groups -OCH3 is 1. The maximum atomic E-state index is 13.8. The Morgan fingerprint density at radius 1 is 1.09 bits per heavy atom. The van der Waals surface area contributed by atoms with E-state index in [1.54, 1.807) is 42.5 Å². The zero-order valence-corrected chi connectivity index (χ0v) is 18.5. The van der Waals surface area contributed by atoms with Crippen molar-refractivity contribution in [3.63, 3.8) is 0 Å². The van der Waals surface area contributed by atoms with E-state index in [0.29, 0.717) is 41.6 Å². The predicted octanol–water partition coefficient (Wildman–Crippen LogP) is 4.69. The quantitative estimate of drug-likeness (QED) is 0.399. The Morgan fingerprint density at radius 3 is 2.59 bits per heavy atom. The molecule has 1 aromatic carbocycles. The fourth-order valence-electron chi connectivity index (χ4n) is 4.14. The van der Waals surface area contributed by atoms with Crippen molar-refractivity contribution >= 4 is 12.2 Å². The standard InChI is InChI=1S/C24H21F3N6O/c1-14-12-32(13-29-14)20-11-28-16(10-21(20)34-2)5-6-22-30-24-17(4-3-7-33(24)31-22)15-8-18(25)23(27)19(26)9-15/h5-6,8-13,17H,3-4,7H2,1-2H3/b6-5+/t17-/m1/s1. The maximum Gasteiger partial charge on any atom is 0.194 e. The summed E-state index contributed by atoms with van der Waals surface area (Å²) in [5.74, 6) is -2.59. The minimum atomic E-state index is -1.47. The first-order valence-electron chi connectivity index (χ1n) is 10.7. The molecule has 5 rings (SSSR count). The molecule has 4 heterocycles. The van der Waals surface area contributed by atoms with Crippen molar-refractivity contribution in [2.24, 2.45) is 0 Å². The van der Waals surface area contributed by atoms with E-state index in [-0.39, 0.29) is 5.92 Å². The first-order valence-corrected chi connectivity index (χ1v) is 10.7. The minimum Gasteiger partial charge on any atom is -0.494 e. The largest absolute Gasteiger partial charge is 0.494 e. The van der Waals surface area contributed by atoms with Crippen molar-refractivity contribution in [3.8, 4) is 11.4 Å². The molecule has 0 saturated heterocycles. The van der Waals surface area contributed by atoms with Crippen LogP contribution in [0.25, 0.3) is 17.8 Å². The van der Waals surface area contributed by atoms with E-state index in [9.17, 15) is 13.2 Å². The van der Waals surface area contributed by atoms with Crippen LogP contribution in [0.2, 0.25) is 0 Å². The van der Waals surface area contributed by atoms with Crippen molar-refractivity contribution in [3.05, 3.63) is 83.0 Å². The fraction of sp³-hybridized carbons (Fsp3) is 0.250. The van der Waals surface area contributed by atoms with Gasteiger partial charge in [0, 0.05) is 24.7 Å². The zero-order chi connectivity index (χ0) is 23.8. The molecule has 0 unspecified atom stereocenters. The van der Waals surface area contributed by atoms with E-state index in [0.717, 1.165) is 29.9 Å². The molecule has 34 heavy (non-hydrogen) atoms. The predicted molar refractivity (Wildman–Crippen MR) is 119 cm³/mol. The van der Waals surface area contributed by atoms with Crippen LogP contribution >= 0.6 is 0 Å². The summed E-state index contributed by atoms with van der Waals surface area (Å²) in [5, 5.41) is 4.50. The molecule has 0 radical (unpaired) electrons. The summed E-state index contributed by atoms with van der Waals surface area (Å²) < 4.78 is 50.1. The van der Waals surface area contributed by atoms with Crippen LogP contribution in [-0.4, -0.2) is 36.4 Å². The summed E-state index contributed by atoms with van der Waals surface area (Å²) >= 11 is 0. The molecule has 1 aliphatic rings. The highest BCUT2D eigenvalue weighted by Gasteiger charge is 2.27. The summed E-state index contributed by atoms with van der Waals surface area (Å²) in [6, 6.07) is 3.86. The highest BCUT2D eigenvalue weighted by Crippen LogP contribution is 2.33. The number of hydrogen-bond acceptors (Lipinski definition) is 5.